The summed E-state index contributed by atoms with van der Waals surface area (Å²) in [5.41, 5.74) is 2.43. The van der Waals surface area contributed by atoms with Gasteiger partial charge in [0.15, 0.2) is 0 Å². The first kappa shape index (κ1) is 18.6. The summed E-state index contributed by atoms with van der Waals surface area (Å²) >= 11 is 0. The van der Waals surface area contributed by atoms with Crippen LogP contribution in [-0.2, 0) is 13.0 Å². The van der Waals surface area contributed by atoms with Crippen LogP contribution in [0, 0.1) is 0 Å². The zero-order valence-electron chi connectivity index (χ0n) is 16.0. The number of methoxy groups -OCH3 is 2. The number of hydrogen-bond acceptors (Lipinski definition) is 4. The predicted molar refractivity (Wildman–Crippen MR) is 106 cm³/mol. The molecule has 0 saturated carbocycles. The van der Waals surface area contributed by atoms with E-state index >= 15 is 0 Å². The Balaban J connectivity index is 1.81. The van der Waals surface area contributed by atoms with Crippen molar-refractivity contribution in [1.82, 2.24) is 4.90 Å². The summed E-state index contributed by atoms with van der Waals surface area (Å²) in [6, 6.07) is 12.9. The standard InChI is InChI=1S/C21H24N2O4/c1-5-18-16(15-8-6-7-9-19(15)27-18)13-23(2)21(24)22-17-12-14(25-3)10-11-20(17)26-4/h6-12H,5,13H2,1-4H3,(H,22,24). The van der Waals surface area contributed by atoms with E-state index in [2.05, 4.69) is 5.32 Å². The molecule has 0 radical (unpaired) electrons. The number of fused-ring (bicyclic) bond motifs is 1. The molecule has 0 atom stereocenters. The molecule has 2 aromatic carbocycles. The number of aryl methyl sites for hydroxylation is 1. The number of para-hydroxylation sites is 1. The van der Waals surface area contributed by atoms with Gasteiger partial charge in [0.1, 0.15) is 22.8 Å². The van der Waals surface area contributed by atoms with E-state index < -0.39 is 0 Å². The monoisotopic (exact) mass is 368 g/mol. The van der Waals surface area contributed by atoms with Gasteiger partial charge in [0.25, 0.3) is 0 Å². The number of furan rings is 1. The number of hydrogen-bond donors (Lipinski definition) is 1. The number of rotatable bonds is 6. The summed E-state index contributed by atoms with van der Waals surface area (Å²) in [4.78, 5) is 14.4. The second kappa shape index (κ2) is 8.03. The van der Waals surface area contributed by atoms with Crippen molar-refractivity contribution in [1.29, 1.82) is 0 Å². The number of urea groups is 1. The topological polar surface area (TPSA) is 63.9 Å². The number of carbonyl (C=O) groups is 1. The molecule has 142 valence electrons. The van der Waals surface area contributed by atoms with Crippen molar-refractivity contribution in [3.8, 4) is 11.5 Å². The van der Waals surface area contributed by atoms with Crippen LogP contribution in [0.5, 0.6) is 11.5 Å². The number of nitrogens with one attached hydrogen (secondary N) is 1. The molecule has 1 heterocycles. The first-order chi connectivity index (χ1) is 13.1. The van der Waals surface area contributed by atoms with Crippen LogP contribution in [0.4, 0.5) is 10.5 Å². The SMILES string of the molecule is CCc1oc2ccccc2c1CN(C)C(=O)Nc1cc(OC)ccc1OC. The molecule has 1 aromatic heterocycles. The molecule has 0 unspecified atom stereocenters. The van der Waals surface area contributed by atoms with Gasteiger partial charge in [0, 0.05) is 30.5 Å². The summed E-state index contributed by atoms with van der Waals surface area (Å²) in [7, 11) is 4.89. The Labute approximate surface area is 158 Å². The fraction of sp³-hybridized carbons (Fsp3) is 0.286. The maximum absolute atomic E-state index is 12.7. The minimum atomic E-state index is -0.242. The maximum atomic E-state index is 12.7. The first-order valence-electron chi connectivity index (χ1n) is 8.80. The average Bonchev–Trinajstić information content (AvgIpc) is 3.05. The fourth-order valence-corrected chi connectivity index (χ4v) is 3.04. The van der Waals surface area contributed by atoms with E-state index in [0.29, 0.717) is 23.7 Å². The van der Waals surface area contributed by atoms with Gasteiger partial charge >= 0.3 is 6.03 Å². The number of amides is 2. The van der Waals surface area contributed by atoms with Gasteiger partial charge in [0.05, 0.1) is 26.5 Å². The fourth-order valence-electron chi connectivity index (χ4n) is 3.04. The van der Waals surface area contributed by atoms with Crippen LogP contribution < -0.4 is 14.8 Å². The third kappa shape index (κ3) is 3.84. The highest BCUT2D eigenvalue weighted by atomic mass is 16.5. The summed E-state index contributed by atoms with van der Waals surface area (Å²) in [6.07, 6.45) is 0.767. The molecule has 0 spiro atoms. The highest BCUT2D eigenvalue weighted by Crippen LogP contribution is 2.30. The molecular weight excluding hydrogens is 344 g/mol. The minimum absolute atomic E-state index is 0.242. The van der Waals surface area contributed by atoms with Gasteiger partial charge in [-0.1, -0.05) is 25.1 Å². The molecule has 0 fully saturated rings. The Morgan fingerprint density at radius 3 is 2.63 bits per heavy atom. The molecular formula is C21H24N2O4. The van der Waals surface area contributed by atoms with Gasteiger partial charge in [-0.2, -0.15) is 0 Å². The lowest BCUT2D eigenvalue weighted by molar-refractivity contribution is 0.220. The summed E-state index contributed by atoms with van der Waals surface area (Å²) in [6.45, 7) is 2.49. The third-order valence-corrected chi connectivity index (χ3v) is 4.49. The Hall–Kier alpha value is -3.15. The summed E-state index contributed by atoms with van der Waals surface area (Å²) in [5.74, 6) is 2.11. The van der Waals surface area contributed by atoms with Crippen molar-refractivity contribution >= 4 is 22.7 Å². The lowest BCUT2D eigenvalue weighted by Gasteiger charge is -2.19. The molecule has 3 rings (SSSR count). The molecule has 6 nitrogen and oxygen atoms in total. The van der Waals surface area contributed by atoms with E-state index in [1.54, 1.807) is 44.4 Å². The van der Waals surface area contributed by atoms with Crippen LogP contribution in [0.25, 0.3) is 11.0 Å². The second-order valence-corrected chi connectivity index (χ2v) is 6.21. The zero-order chi connectivity index (χ0) is 19.4. The number of ether oxygens (including phenoxy) is 2. The molecule has 27 heavy (non-hydrogen) atoms. The Bertz CT molecular complexity index is 949. The van der Waals surface area contributed by atoms with Gasteiger partial charge in [0.2, 0.25) is 0 Å². The van der Waals surface area contributed by atoms with Crippen LogP contribution in [-0.4, -0.2) is 32.2 Å². The van der Waals surface area contributed by atoms with Crippen LogP contribution in [0.2, 0.25) is 0 Å². The number of nitrogens with zero attached hydrogens (tertiary/aromatic N) is 1. The molecule has 3 aromatic rings. The largest absolute Gasteiger partial charge is 0.497 e. The second-order valence-electron chi connectivity index (χ2n) is 6.21. The van der Waals surface area contributed by atoms with Gasteiger partial charge in [-0.15, -0.1) is 0 Å². The van der Waals surface area contributed by atoms with Gasteiger partial charge in [-0.25, -0.2) is 4.79 Å². The van der Waals surface area contributed by atoms with E-state index in [-0.39, 0.29) is 6.03 Å². The van der Waals surface area contributed by atoms with Crippen LogP contribution in [0.15, 0.2) is 46.9 Å². The summed E-state index contributed by atoms with van der Waals surface area (Å²) in [5, 5.41) is 3.92. The van der Waals surface area contributed by atoms with Crippen molar-refractivity contribution < 1.29 is 18.7 Å². The minimum Gasteiger partial charge on any atom is -0.497 e. The quantitative estimate of drug-likeness (QED) is 0.686. The van der Waals surface area contributed by atoms with Crippen LogP contribution in [0.3, 0.4) is 0 Å². The molecule has 0 bridgehead atoms. The van der Waals surface area contributed by atoms with E-state index in [0.717, 1.165) is 28.7 Å². The highest BCUT2D eigenvalue weighted by molar-refractivity contribution is 5.91. The van der Waals surface area contributed by atoms with Crippen LogP contribution >= 0.6 is 0 Å². The molecule has 2 amide bonds. The number of carbonyl (C=O) groups excluding carboxylic acids is 1. The smallest absolute Gasteiger partial charge is 0.321 e. The molecule has 0 saturated heterocycles. The van der Waals surface area contributed by atoms with Gasteiger partial charge < -0.3 is 24.1 Å². The van der Waals surface area contributed by atoms with Gasteiger partial charge in [-0.05, 0) is 18.2 Å². The van der Waals surface area contributed by atoms with Crippen molar-refractivity contribution in [3.63, 3.8) is 0 Å². The van der Waals surface area contributed by atoms with Crippen molar-refractivity contribution in [3.05, 3.63) is 53.8 Å². The Morgan fingerprint density at radius 1 is 1.15 bits per heavy atom. The van der Waals surface area contributed by atoms with E-state index in [1.165, 1.54) is 0 Å². The number of benzene rings is 2. The normalized spacial score (nSPS) is 10.7. The Morgan fingerprint density at radius 2 is 1.93 bits per heavy atom. The maximum Gasteiger partial charge on any atom is 0.321 e. The van der Waals surface area contributed by atoms with Crippen molar-refractivity contribution in [2.75, 3.05) is 26.6 Å². The zero-order valence-corrected chi connectivity index (χ0v) is 16.0. The lowest BCUT2D eigenvalue weighted by atomic mass is 10.1. The molecule has 1 N–H and O–H groups in total. The van der Waals surface area contributed by atoms with Crippen molar-refractivity contribution in [2.24, 2.45) is 0 Å². The van der Waals surface area contributed by atoms with E-state index in [4.69, 9.17) is 13.9 Å². The van der Waals surface area contributed by atoms with Crippen molar-refractivity contribution in [2.45, 2.75) is 19.9 Å². The average molecular weight is 368 g/mol. The molecule has 0 aliphatic rings. The molecule has 6 heteroatoms. The molecule has 0 aliphatic heterocycles. The predicted octanol–water partition coefficient (Wildman–Crippen LogP) is 4.68. The Kier molecular flexibility index (Phi) is 5.54. The van der Waals surface area contributed by atoms with E-state index in [9.17, 15) is 4.79 Å². The van der Waals surface area contributed by atoms with Crippen LogP contribution in [0.1, 0.15) is 18.2 Å². The number of anilines is 1. The first-order valence-corrected chi connectivity index (χ1v) is 8.80. The third-order valence-electron chi connectivity index (χ3n) is 4.49. The highest BCUT2D eigenvalue weighted by Gasteiger charge is 2.18. The van der Waals surface area contributed by atoms with E-state index in [1.807, 2.05) is 31.2 Å². The lowest BCUT2D eigenvalue weighted by Crippen LogP contribution is -2.31. The van der Waals surface area contributed by atoms with Gasteiger partial charge in [-0.3, -0.25) is 0 Å². The summed E-state index contributed by atoms with van der Waals surface area (Å²) < 4.78 is 16.5. The molecule has 0 aliphatic carbocycles.